The summed E-state index contributed by atoms with van der Waals surface area (Å²) < 4.78 is 5.31. The summed E-state index contributed by atoms with van der Waals surface area (Å²) in [5.74, 6) is 0.883. The molecule has 132 valence electrons. The molecule has 0 saturated carbocycles. The third kappa shape index (κ3) is 3.25. The van der Waals surface area contributed by atoms with Gasteiger partial charge in [0.2, 0.25) is 0 Å². The lowest BCUT2D eigenvalue weighted by atomic mass is 9.90. The first-order chi connectivity index (χ1) is 12.7. The molecule has 0 spiro atoms. The molecule has 0 aliphatic carbocycles. The summed E-state index contributed by atoms with van der Waals surface area (Å²) in [4.78, 5) is 2.45. The van der Waals surface area contributed by atoms with E-state index in [1.807, 2.05) is 12.1 Å². The molecule has 1 aliphatic heterocycles. The van der Waals surface area contributed by atoms with Crippen molar-refractivity contribution in [3.05, 3.63) is 90.0 Å². The maximum Gasteiger partial charge on any atom is 0.119 e. The Morgan fingerprint density at radius 3 is 2.23 bits per heavy atom. The van der Waals surface area contributed by atoms with E-state index in [1.165, 1.54) is 16.8 Å². The molecule has 3 aromatic rings. The smallest absolute Gasteiger partial charge is 0.119 e. The largest absolute Gasteiger partial charge is 0.497 e. The predicted octanol–water partition coefficient (Wildman–Crippen LogP) is 5.39. The molecule has 0 amide bonds. The highest BCUT2D eigenvalue weighted by atomic mass is 16.5. The number of rotatable bonds is 5. The van der Waals surface area contributed by atoms with E-state index in [0.29, 0.717) is 6.04 Å². The van der Waals surface area contributed by atoms with E-state index in [0.717, 1.165) is 17.9 Å². The maximum atomic E-state index is 5.31. The van der Waals surface area contributed by atoms with E-state index in [1.54, 1.807) is 7.11 Å². The molecule has 3 heteroatoms. The first kappa shape index (κ1) is 16.5. The minimum atomic E-state index is 0.274. The van der Waals surface area contributed by atoms with E-state index < -0.39 is 0 Å². The van der Waals surface area contributed by atoms with Crippen LogP contribution in [0.2, 0.25) is 0 Å². The van der Waals surface area contributed by atoms with Crippen LogP contribution in [0.3, 0.4) is 0 Å². The Bertz CT molecular complexity index is 844. The highest BCUT2D eigenvalue weighted by Crippen LogP contribution is 2.43. The summed E-state index contributed by atoms with van der Waals surface area (Å²) >= 11 is 0. The monoisotopic (exact) mass is 344 g/mol. The molecule has 0 aromatic heterocycles. The molecule has 3 nitrogen and oxygen atoms in total. The summed E-state index contributed by atoms with van der Waals surface area (Å²) in [5.41, 5.74) is 4.99. The van der Waals surface area contributed by atoms with Gasteiger partial charge in [0.05, 0.1) is 13.2 Å². The number of methoxy groups -OCH3 is 1. The van der Waals surface area contributed by atoms with Gasteiger partial charge in [-0.3, -0.25) is 0 Å². The van der Waals surface area contributed by atoms with Crippen LogP contribution >= 0.6 is 0 Å². The molecule has 1 aliphatic rings. The van der Waals surface area contributed by atoms with Gasteiger partial charge in [0.15, 0.2) is 0 Å². The van der Waals surface area contributed by atoms with Crippen molar-refractivity contribution in [1.82, 2.24) is 0 Å². The highest BCUT2D eigenvalue weighted by Gasteiger charge is 2.39. The molecule has 1 heterocycles. The average molecular weight is 344 g/mol. The summed E-state index contributed by atoms with van der Waals surface area (Å²) in [6.07, 6.45) is 1.35. The second kappa shape index (κ2) is 7.12. The third-order valence-corrected chi connectivity index (χ3v) is 5.06. The van der Waals surface area contributed by atoms with Crippen LogP contribution in [0.4, 0.5) is 11.4 Å². The molecule has 1 N–H and O–H groups in total. The molecule has 1 saturated heterocycles. The van der Waals surface area contributed by atoms with E-state index in [-0.39, 0.29) is 6.17 Å². The topological polar surface area (TPSA) is 24.5 Å². The van der Waals surface area contributed by atoms with Gasteiger partial charge in [-0.2, -0.15) is 0 Å². The minimum Gasteiger partial charge on any atom is -0.497 e. The minimum absolute atomic E-state index is 0.274. The standard InChI is InChI=1S/C23H24N2O/c1-17-8-10-19(11-9-17)24-23-16-22(18-6-4-3-5-7-18)25(23)20-12-14-21(26-2)15-13-20/h3-15,22-24H,16H2,1-2H3. The Kier molecular flexibility index (Phi) is 4.53. The van der Waals surface area contributed by atoms with Crippen LogP contribution in [0.1, 0.15) is 23.6 Å². The first-order valence-corrected chi connectivity index (χ1v) is 9.05. The van der Waals surface area contributed by atoms with Gasteiger partial charge in [0.25, 0.3) is 0 Å². The van der Waals surface area contributed by atoms with Gasteiger partial charge in [0, 0.05) is 17.8 Å². The number of hydrogen-bond acceptors (Lipinski definition) is 3. The van der Waals surface area contributed by atoms with Gasteiger partial charge in [-0.25, -0.2) is 0 Å². The molecular weight excluding hydrogens is 320 g/mol. The van der Waals surface area contributed by atoms with Crippen molar-refractivity contribution in [2.24, 2.45) is 0 Å². The first-order valence-electron chi connectivity index (χ1n) is 9.05. The second-order valence-corrected chi connectivity index (χ2v) is 6.79. The Balaban J connectivity index is 1.60. The summed E-state index contributed by atoms with van der Waals surface area (Å²) in [5, 5.41) is 3.68. The molecule has 3 aromatic carbocycles. The van der Waals surface area contributed by atoms with E-state index >= 15 is 0 Å². The van der Waals surface area contributed by atoms with Crippen LogP contribution in [-0.2, 0) is 0 Å². The molecule has 0 radical (unpaired) electrons. The molecule has 0 bridgehead atoms. The van der Waals surface area contributed by atoms with E-state index in [9.17, 15) is 0 Å². The number of benzene rings is 3. The maximum absolute atomic E-state index is 5.31. The Morgan fingerprint density at radius 1 is 0.885 bits per heavy atom. The lowest BCUT2D eigenvalue weighted by Crippen LogP contribution is -2.54. The number of nitrogens with one attached hydrogen (secondary N) is 1. The number of ether oxygens (including phenoxy) is 1. The van der Waals surface area contributed by atoms with Crippen LogP contribution in [0.5, 0.6) is 5.75 Å². The quantitative estimate of drug-likeness (QED) is 0.671. The number of hydrogen-bond donors (Lipinski definition) is 1. The Labute approximate surface area is 155 Å². The SMILES string of the molecule is COc1ccc(N2C(Nc3ccc(C)cc3)CC2c2ccccc2)cc1. The van der Waals surface area contributed by atoms with Crippen LogP contribution < -0.4 is 15.0 Å². The van der Waals surface area contributed by atoms with Gasteiger partial charge in [-0.1, -0.05) is 48.0 Å². The fourth-order valence-electron chi connectivity index (χ4n) is 3.57. The van der Waals surface area contributed by atoms with Crippen molar-refractivity contribution < 1.29 is 4.74 Å². The normalized spacial score (nSPS) is 18.9. The van der Waals surface area contributed by atoms with Gasteiger partial charge in [-0.15, -0.1) is 0 Å². The zero-order valence-corrected chi connectivity index (χ0v) is 15.2. The lowest BCUT2D eigenvalue weighted by Gasteiger charge is -2.51. The summed E-state index contributed by atoms with van der Waals surface area (Å²) in [6.45, 7) is 2.11. The van der Waals surface area contributed by atoms with Gasteiger partial charge in [-0.05, 0) is 48.9 Å². The number of anilines is 2. The molecule has 2 unspecified atom stereocenters. The van der Waals surface area contributed by atoms with E-state index in [2.05, 4.69) is 83.9 Å². The van der Waals surface area contributed by atoms with Crippen LogP contribution in [-0.4, -0.2) is 13.3 Å². The van der Waals surface area contributed by atoms with Crippen molar-refractivity contribution >= 4 is 11.4 Å². The average Bonchev–Trinajstić information content (AvgIpc) is 2.67. The third-order valence-electron chi connectivity index (χ3n) is 5.06. The Morgan fingerprint density at radius 2 is 1.58 bits per heavy atom. The number of nitrogens with zero attached hydrogens (tertiary/aromatic N) is 1. The van der Waals surface area contributed by atoms with Crippen molar-refractivity contribution in [3.8, 4) is 5.75 Å². The van der Waals surface area contributed by atoms with Crippen molar-refractivity contribution in [3.63, 3.8) is 0 Å². The molecular formula is C23H24N2O. The fraction of sp³-hybridized carbons (Fsp3) is 0.217. The van der Waals surface area contributed by atoms with Crippen molar-refractivity contribution in [1.29, 1.82) is 0 Å². The lowest BCUT2D eigenvalue weighted by molar-refractivity contribution is 0.374. The van der Waals surface area contributed by atoms with Crippen molar-refractivity contribution in [2.45, 2.75) is 25.6 Å². The van der Waals surface area contributed by atoms with E-state index in [4.69, 9.17) is 4.74 Å². The van der Waals surface area contributed by atoms with Crippen LogP contribution in [0.25, 0.3) is 0 Å². The zero-order chi connectivity index (χ0) is 17.9. The van der Waals surface area contributed by atoms with Gasteiger partial charge >= 0.3 is 0 Å². The summed E-state index contributed by atoms with van der Waals surface area (Å²) in [7, 11) is 1.70. The predicted molar refractivity (Wildman–Crippen MR) is 108 cm³/mol. The fourth-order valence-corrected chi connectivity index (χ4v) is 3.57. The molecule has 1 fully saturated rings. The molecule has 26 heavy (non-hydrogen) atoms. The van der Waals surface area contributed by atoms with Crippen molar-refractivity contribution in [2.75, 3.05) is 17.3 Å². The Hall–Kier alpha value is -2.94. The van der Waals surface area contributed by atoms with Crippen LogP contribution in [0, 0.1) is 6.92 Å². The second-order valence-electron chi connectivity index (χ2n) is 6.79. The molecule has 4 rings (SSSR count). The van der Waals surface area contributed by atoms with Crippen LogP contribution in [0.15, 0.2) is 78.9 Å². The zero-order valence-electron chi connectivity index (χ0n) is 15.2. The van der Waals surface area contributed by atoms with Gasteiger partial charge < -0.3 is 15.0 Å². The number of aryl methyl sites for hydroxylation is 1. The highest BCUT2D eigenvalue weighted by molar-refractivity contribution is 5.58. The van der Waals surface area contributed by atoms with Gasteiger partial charge in [0.1, 0.15) is 11.9 Å². The molecule has 2 atom stereocenters. The summed E-state index contributed by atoms with van der Waals surface area (Å²) in [6, 6.07) is 28.0.